The van der Waals surface area contributed by atoms with E-state index in [1.165, 1.54) is 0 Å². The van der Waals surface area contributed by atoms with Crippen molar-refractivity contribution < 1.29 is 9.84 Å². The highest BCUT2D eigenvalue weighted by Gasteiger charge is 2.13. The van der Waals surface area contributed by atoms with Crippen LogP contribution in [0.15, 0.2) is 0 Å². The quantitative estimate of drug-likeness (QED) is 0.702. The van der Waals surface area contributed by atoms with Gasteiger partial charge in [-0.15, -0.1) is 0 Å². The minimum atomic E-state index is -0.418. The SMILES string of the molecule is CSC(C)CNCC(O)COC(C)(C)C. The molecule has 0 heterocycles. The van der Waals surface area contributed by atoms with Gasteiger partial charge in [0.2, 0.25) is 0 Å². The number of ether oxygens (including phenoxy) is 1. The maximum Gasteiger partial charge on any atom is 0.0897 e. The molecule has 0 amide bonds. The highest BCUT2D eigenvalue weighted by atomic mass is 32.2. The third-order valence-electron chi connectivity index (χ3n) is 1.92. The summed E-state index contributed by atoms with van der Waals surface area (Å²) in [6, 6.07) is 0. The van der Waals surface area contributed by atoms with Crippen molar-refractivity contribution in [2.75, 3.05) is 26.0 Å². The molecule has 0 rings (SSSR count). The first-order valence-electron chi connectivity index (χ1n) is 5.40. The van der Waals surface area contributed by atoms with E-state index in [0.717, 1.165) is 6.54 Å². The summed E-state index contributed by atoms with van der Waals surface area (Å²) >= 11 is 1.82. The van der Waals surface area contributed by atoms with E-state index >= 15 is 0 Å². The lowest BCUT2D eigenvalue weighted by atomic mass is 10.2. The summed E-state index contributed by atoms with van der Waals surface area (Å²) in [5.41, 5.74) is -0.173. The van der Waals surface area contributed by atoms with Gasteiger partial charge in [-0.05, 0) is 27.0 Å². The average molecular weight is 235 g/mol. The van der Waals surface area contributed by atoms with Crippen LogP contribution in [0, 0.1) is 0 Å². The van der Waals surface area contributed by atoms with E-state index in [9.17, 15) is 5.11 Å². The molecular formula is C11H25NO2S. The minimum Gasteiger partial charge on any atom is -0.389 e. The maximum absolute atomic E-state index is 9.60. The van der Waals surface area contributed by atoms with Crippen LogP contribution in [0.4, 0.5) is 0 Å². The van der Waals surface area contributed by atoms with Crippen molar-refractivity contribution in [1.82, 2.24) is 5.32 Å². The van der Waals surface area contributed by atoms with Crippen molar-refractivity contribution in [2.45, 2.75) is 44.6 Å². The number of aliphatic hydroxyl groups excluding tert-OH is 1. The van der Waals surface area contributed by atoms with Crippen molar-refractivity contribution in [1.29, 1.82) is 0 Å². The van der Waals surface area contributed by atoms with Gasteiger partial charge in [-0.3, -0.25) is 0 Å². The van der Waals surface area contributed by atoms with Gasteiger partial charge in [0, 0.05) is 18.3 Å². The Morgan fingerprint density at radius 2 is 1.93 bits per heavy atom. The fraction of sp³-hybridized carbons (Fsp3) is 1.00. The van der Waals surface area contributed by atoms with Crippen molar-refractivity contribution in [2.24, 2.45) is 0 Å². The summed E-state index contributed by atoms with van der Waals surface area (Å²) in [6.45, 7) is 10.0. The van der Waals surface area contributed by atoms with Crippen molar-refractivity contribution >= 4 is 11.8 Å². The molecule has 0 bridgehead atoms. The van der Waals surface area contributed by atoms with Gasteiger partial charge in [-0.2, -0.15) is 11.8 Å². The van der Waals surface area contributed by atoms with E-state index in [1.807, 2.05) is 32.5 Å². The third-order valence-corrected chi connectivity index (χ3v) is 2.89. The molecule has 0 saturated carbocycles. The van der Waals surface area contributed by atoms with Crippen LogP contribution in [0.1, 0.15) is 27.7 Å². The van der Waals surface area contributed by atoms with Gasteiger partial charge in [0.25, 0.3) is 0 Å². The molecule has 0 fully saturated rings. The minimum absolute atomic E-state index is 0.173. The molecule has 0 aliphatic carbocycles. The molecule has 4 heteroatoms. The molecule has 15 heavy (non-hydrogen) atoms. The summed E-state index contributed by atoms with van der Waals surface area (Å²) in [4.78, 5) is 0. The topological polar surface area (TPSA) is 41.5 Å². The van der Waals surface area contributed by atoms with Gasteiger partial charge >= 0.3 is 0 Å². The molecular weight excluding hydrogens is 210 g/mol. The van der Waals surface area contributed by atoms with Crippen molar-refractivity contribution in [3.8, 4) is 0 Å². The van der Waals surface area contributed by atoms with Gasteiger partial charge < -0.3 is 15.2 Å². The van der Waals surface area contributed by atoms with Crippen LogP contribution in [0.25, 0.3) is 0 Å². The largest absolute Gasteiger partial charge is 0.389 e. The van der Waals surface area contributed by atoms with E-state index in [-0.39, 0.29) is 5.60 Å². The molecule has 0 radical (unpaired) electrons. The Balaban J connectivity index is 3.45. The first kappa shape index (κ1) is 15.2. The van der Waals surface area contributed by atoms with E-state index in [1.54, 1.807) is 0 Å². The predicted octanol–water partition coefficient (Wildman–Crippen LogP) is 1.50. The van der Waals surface area contributed by atoms with E-state index in [2.05, 4.69) is 18.5 Å². The molecule has 2 atom stereocenters. The molecule has 0 spiro atoms. The van der Waals surface area contributed by atoms with Crippen LogP contribution in [0.5, 0.6) is 0 Å². The molecule has 2 unspecified atom stereocenters. The molecule has 3 nitrogen and oxygen atoms in total. The van der Waals surface area contributed by atoms with Crippen molar-refractivity contribution in [3.05, 3.63) is 0 Å². The smallest absolute Gasteiger partial charge is 0.0897 e. The van der Waals surface area contributed by atoms with Crippen LogP contribution in [0.2, 0.25) is 0 Å². The monoisotopic (exact) mass is 235 g/mol. The summed E-state index contributed by atoms with van der Waals surface area (Å²) in [5, 5.41) is 13.4. The number of rotatable bonds is 7. The Labute approximate surface area is 98.0 Å². The number of hydrogen-bond donors (Lipinski definition) is 2. The second kappa shape index (κ2) is 7.49. The first-order chi connectivity index (χ1) is 6.85. The summed E-state index contributed by atoms with van der Waals surface area (Å²) in [5.74, 6) is 0. The second-order valence-corrected chi connectivity index (χ2v) is 6.06. The number of thioether (sulfide) groups is 1. The first-order valence-corrected chi connectivity index (χ1v) is 6.69. The number of nitrogens with one attached hydrogen (secondary N) is 1. The van der Waals surface area contributed by atoms with Gasteiger partial charge in [0.1, 0.15) is 0 Å². The number of hydrogen-bond acceptors (Lipinski definition) is 4. The van der Waals surface area contributed by atoms with E-state index < -0.39 is 6.10 Å². The molecule has 0 saturated heterocycles. The molecule has 0 aliphatic rings. The van der Waals surface area contributed by atoms with Crippen LogP contribution in [-0.4, -0.2) is 48.0 Å². The lowest BCUT2D eigenvalue weighted by Crippen LogP contribution is -2.35. The summed E-state index contributed by atoms with van der Waals surface area (Å²) < 4.78 is 5.48. The molecule has 2 N–H and O–H groups in total. The second-order valence-electron chi connectivity index (χ2n) is 4.78. The predicted molar refractivity (Wildman–Crippen MR) is 67.6 cm³/mol. The Morgan fingerprint density at radius 3 is 2.40 bits per heavy atom. The van der Waals surface area contributed by atoms with Crippen LogP contribution in [-0.2, 0) is 4.74 Å². The maximum atomic E-state index is 9.60. The molecule has 92 valence electrons. The highest BCUT2D eigenvalue weighted by molar-refractivity contribution is 7.99. The lowest BCUT2D eigenvalue weighted by molar-refractivity contribution is -0.0477. The zero-order valence-electron chi connectivity index (χ0n) is 10.5. The van der Waals surface area contributed by atoms with Crippen LogP contribution < -0.4 is 5.32 Å². The fourth-order valence-electron chi connectivity index (χ4n) is 0.942. The van der Waals surface area contributed by atoms with Crippen LogP contribution in [0.3, 0.4) is 0 Å². The Bertz CT molecular complexity index is 159. The Kier molecular flexibility index (Phi) is 7.61. The molecule has 0 aromatic rings. The third kappa shape index (κ3) is 10.5. The Morgan fingerprint density at radius 1 is 1.33 bits per heavy atom. The average Bonchev–Trinajstić information content (AvgIpc) is 2.13. The van der Waals surface area contributed by atoms with Gasteiger partial charge in [0.05, 0.1) is 18.3 Å². The fourth-order valence-corrected chi connectivity index (χ4v) is 1.23. The van der Waals surface area contributed by atoms with Crippen LogP contribution >= 0.6 is 11.8 Å². The zero-order chi connectivity index (χ0) is 11.9. The Hall–Kier alpha value is 0.230. The highest BCUT2D eigenvalue weighted by Crippen LogP contribution is 2.07. The number of aliphatic hydroxyl groups is 1. The molecule has 0 aliphatic heterocycles. The molecule has 0 aromatic carbocycles. The van der Waals surface area contributed by atoms with Gasteiger partial charge in [0.15, 0.2) is 0 Å². The van der Waals surface area contributed by atoms with Gasteiger partial charge in [-0.25, -0.2) is 0 Å². The van der Waals surface area contributed by atoms with Gasteiger partial charge in [-0.1, -0.05) is 6.92 Å². The van der Waals surface area contributed by atoms with E-state index in [4.69, 9.17) is 4.74 Å². The lowest BCUT2D eigenvalue weighted by Gasteiger charge is -2.22. The standard InChI is InChI=1S/C11H25NO2S/c1-9(15-5)6-12-7-10(13)8-14-11(2,3)4/h9-10,12-13H,6-8H2,1-5H3. The van der Waals surface area contributed by atoms with Crippen molar-refractivity contribution in [3.63, 3.8) is 0 Å². The summed E-state index contributed by atoms with van der Waals surface area (Å²) in [7, 11) is 0. The zero-order valence-corrected chi connectivity index (χ0v) is 11.4. The molecule has 0 aromatic heterocycles. The van der Waals surface area contributed by atoms with E-state index in [0.29, 0.717) is 18.4 Å². The normalized spacial score (nSPS) is 16.4. The summed E-state index contributed by atoms with van der Waals surface area (Å²) in [6.07, 6.45) is 1.67.